The van der Waals surface area contributed by atoms with E-state index >= 15 is 0 Å². The van der Waals surface area contributed by atoms with Crippen LogP contribution in [0.4, 0.5) is 5.69 Å². The van der Waals surface area contributed by atoms with E-state index < -0.39 is 0 Å². The molecular formula is C17H16BrNO4. The largest absolute Gasteiger partial charge is 0.490 e. The molecule has 0 unspecified atom stereocenters. The van der Waals surface area contributed by atoms with Crippen molar-refractivity contribution in [3.8, 4) is 11.5 Å². The van der Waals surface area contributed by atoms with Crippen LogP contribution in [0.2, 0.25) is 0 Å². The highest BCUT2D eigenvalue weighted by Gasteiger charge is 2.12. The van der Waals surface area contributed by atoms with Crippen molar-refractivity contribution in [2.24, 2.45) is 0 Å². The van der Waals surface area contributed by atoms with Crippen LogP contribution in [-0.2, 0) is 4.79 Å². The third-order valence-corrected chi connectivity index (χ3v) is 3.59. The summed E-state index contributed by atoms with van der Waals surface area (Å²) < 4.78 is 11.5. The molecule has 0 fully saturated rings. The highest BCUT2D eigenvalue weighted by atomic mass is 79.9. The minimum atomic E-state index is -0.283. The Labute approximate surface area is 142 Å². The number of carbonyl (C=O) groups is 2. The molecule has 0 bridgehead atoms. The van der Waals surface area contributed by atoms with Gasteiger partial charge < -0.3 is 14.8 Å². The molecule has 5 nitrogen and oxygen atoms in total. The number of nitrogens with one attached hydrogen (secondary N) is 1. The summed E-state index contributed by atoms with van der Waals surface area (Å²) in [5, 5.41) is 2.73. The smallest absolute Gasteiger partial charge is 0.262 e. The van der Waals surface area contributed by atoms with Crippen LogP contribution in [0.25, 0.3) is 0 Å². The van der Waals surface area contributed by atoms with E-state index in [9.17, 15) is 9.59 Å². The Morgan fingerprint density at radius 3 is 2.52 bits per heavy atom. The number of hydrogen-bond acceptors (Lipinski definition) is 4. The Morgan fingerprint density at radius 1 is 1.17 bits per heavy atom. The molecule has 0 heterocycles. The monoisotopic (exact) mass is 377 g/mol. The lowest BCUT2D eigenvalue weighted by Gasteiger charge is -2.13. The normalized spacial score (nSPS) is 10.0. The standard InChI is InChI=1S/C17H16BrNO4/c1-2-22-15-8-12(10-20)14(18)9-16(15)23-11-17(21)19-13-6-4-3-5-7-13/h3-10H,2,11H2,1H3,(H,19,21). The maximum Gasteiger partial charge on any atom is 0.262 e. The van der Waals surface area contributed by atoms with Crippen molar-refractivity contribution in [3.63, 3.8) is 0 Å². The minimum Gasteiger partial charge on any atom is -0.490 e. The van der Waals surface area contributed by atoms with Gasteiger partial charge in [-0.05, 0) is 47.1 Å². The average molecular weight is 378 g/mol. The van der Waals surface area contributed by atoms with E-state index in [0.29, 0.717) is 33.8 Å². The molecule has 0 aliphatic carbocycles. The summed E-state index contributed by atoms with van der Waals surface area (Å²) in [6.45, 7) is 2.09. The highest BCUT2D eigenvalue weighted by molar-refractivity contribution is 9.10. The first kappa shape index (κ1) is 17.0. The molecule has 0 atom stereocenters. The second-order valence-electron chi connectivity index (χ2n) is 4.57. The van der Waals surface area contributed by atoms with Crippen LogP contribution < -0.4 is 14.8 Å². The van der Waals surface area contributed by atoms with E-state index in [1.54, 1.807) is 24.3 Å². The summed E-state index contributed by atoms with van der Waals surface area (Å²) in [4.78, 5) is 22.9. The Morgan fingerprint density at radius 2 is 1.87 bits per heavy atom. The summed E-state index contributed by atoms with van der Waals surface area (Å²) >= 11 is 3.29. The van der Waals surface area contributed by atoms with E-state index in [0.717, 1.165) is 6.29 Å². The number of amides is 1. The predicted molar refractivity (Wildman–Crippen MR) is 91.3 cm³/mol. The fourth-order valence-electron chi connectivity index (χ4n) is 1.88. The molecule has 0 saturated carbocycles. The first-order valence-electron chi connectivity index (χ1n) is 7.03. The SMILES string of the molecule is CCOc1cc(C=O)c(Br)cc1OCC(=O)Nc1ccccc1. The third kappa shape index (κ3) is 4.82. The molecule has 6 heteroatoms. The van der Waals surface area contributed by atoms with Crippen LogP contribution in [0.15, 0.2) is 46.9 Å². The summed E-state index contributed by atoms with van der Waals surface area (Å²) in [5.74, 6) is 0.534. The fourth-order valence-corrected chi connectivity index (χ4v) is 2.30. The number of ether oxygens (including phenoxy) is 2. The number of rotatable bonds is 7. The summed E-state index contributed by atoms with van der Waals surface area (Å²) in [6, 6.07) is 12.3. The van der Waals surface area contributed by atoms with Gasteiger partial charge in [0, 0.05) is 15.7 Å². The van der Waals surface area contributed by atoms with Crippen LogP contribution in [0.3, 0.4) is 0 Å². The summed E-state index contributed by atoms with van der Waals surface area (Å²) in [5.41, 5.74) is 1.15. The van der Waals surface area contributed by atoms with Crippen molar-refractivity contribution in [3.05, 3.63) is 52.5 Å². The zero-order valence-corrected chi connectivity index (χ0v) is 14.1. The van der Waals surface area contributed by atoms with Gasteiger partial charge in [0.25, 0.3) is 5.91 Å². The fraction of sp³-hybridized carbons (Fsp3) is 0.176. The molecule has 2 rings (SSSR count). The molecule has 0 aliphatic heterocycles. The molecule has 1 N–H and O–H groups in total. The van der Waals surface area contributed by atoms with E-state index in [2.05, 4.69) is 21.2 Å². The van der Waals surface area contributed by atoms with Crippen LogP contribution in [0.1, 0.15) is 17.3 Å². The van der Waals surface area contributed by atoms with Crippen molar-refractivity contribution >= 4 is 33.8 Å². The zero-order valence-electron chi connectivity index (χ0n) is 12.5. The molecule has 0 aromatic heterocycles. The van der Waals surface area contributed by atoms with Crippen LogP contribution in [-0.4, -0.2) is 25.4 Å². The van der Waals surface area contributed by atoms with Crippen LogP contribution >= 0.6 is 15.9 Å². The van der Waals surface area contributed by atoms with Crippen molar-refractivity contribution in [2.45, 2.75) is 6.92 Å². The Kier molecular flexibility index (Phi) is 6.17. The van der Waals surface area contributed by atoms with E-state index in [1.165, 1.54) is 0 Å². The van der Waals surface area contributed by atoms with Gasteiger partial charge in [0.1, 0.15) is 0 Å². The first-order chi connectivity index (χ1) is 11.1. The van der Waals surface area contributed by atoms with E-state index in [1.807, 2.05) is 25.1 Å². The molecule has 0 spiro atoms. The van der Waals surface area contributed by atoms with Gasteiger partial charge in [-0.25, -0.2) is 0 Å². The lowest BCUT2D eigenvalue weighted by atomic mass is 10.2. The maximum absolute atomic E-state index is 11.9. The second-order valence-corrected chi connectivity index (χ2v) is 5.43. The Bertz CT molecular complexity index is 688. The second kappa shape index (κ2) is 8.33. The number of anilines is 1. The minimum absolute atomic E-state index is 0.165. The number of halogens is 1. The van der Waals surface area contributed by atoms with Gasteiger partial charge in [-0.15, -0.1) is 0 Å². The molecular weight excluding hydrogens is 362 g/mol. The van der Waals surface area contributed by atoms with Crippen molar-refractivity contribution in [2.75, 3.05) is 18.5 Å². The van der Waals surface area contributed by atoms with Gasteiger partial charge in [-0.3, -0.25) is 9.59 Å². The number of carbonyl (C=O) groups excluding carboxylic acids is 2. The molecule has 2 aromatic rings. The lowest BCUT2D eigenvalue weighted by molar-refractivity contribution is -0.118. The zero-order chi connectivity index (χ0) is 16.7. The van der Waals surface area contributed by atoms with Gasteiger partial charge in [-0.2, -0.15) is 0 Å². The lowest BCUT2D eigenvalue weighted by Crippen LogP contribution is -2.20. The van der Waals surface area contributed by atoms with Gasteiger partial charge in [0.15, 0.2) is 24.4 Å². The number of hydrogen-bond donors (Lipinski definition) is 1. The van der Waals surface area contributed by atoms with Gasteiger partial charge in [0.05, 0.1) is 6.61 Å². The molecule has 0 aliphatic rings. The number of para-hydroxylation sites is 1. The molecule has 1 amide bonds. The molecule has 0 saturated heterocycles. The Hall–Kier alpha value is -2.34. The van der Waals surface area contributed by atoms with Crippen LogP contribution in [0.5, 0.6) is 11.5 Å². The van der Waals surface area contributed by atoms with Crippen molar-refractivity contribution in [1.29, 1.82) is 0 Å². The Balaban J connectivity index is 2.05. The van der Waals surface area contributed by atoms with E-state index in [4.69, 9.17) is 9.47 Å². The highest BCUT2D eigenvalue weighted by Crippen LogP contribution is 2.33. The third-order valence-electron chi connectivity index (χ3n) is 2.91. The quantitative estimate of drug-likeness (QED) is 0.747. The predicted octanol–water partition coefficient (Wildman–Crippen LogP) is 3.68. The number of benzene rings is 2. The summed E-state index contributed by atoms with van der Waals surface area (Å²) in [6.07, 6.45) is 0.721. The number of aldehydes is 1. The average Bonchev–Trinajstić information content (AvgIpc) is 2.56. The molecule has 2 aromatic carbocycles. The maximum atomic E-state index is 11.9. The van der Waals surface area contributed by atoms with Gasteiger partial charge in [0.2, 0.25) is 0 Å². The molecule has 120 valence electrons. The van der Waals surface area contributed by atoms with Crippen molar-refractivity contribution < 1.29 is 19.1 Å². The summed E-state index contributed by atoms with van der Waals surface area (Å²) in [7, 11) is 0. The van der Waals surface area contributed by atoms with Gasteiger partial charge in [-0.1, -0.05) is 18.2 Å². The topological polar surface area (TPSA) is 64.6 Å². The van der Waals surface area contributed by atoms with Crippen LogP contribution in [0, 0.1) is 0 Å². The van der Waals surface area contributed by atoms with E-state index in [-0.39, 0.29) is 12.5 Å². The van der Waals surface area contributed by atoms with Gasteiger partial charge >= 0.3 is 0 Å². The molecule has 0 radical (unpaired) electrons. The van der Waals surface area contributed by atoms with Crippen molar-refractivity contribution in [1.82, 2.24) is 0 Å². The molecule has 23 heavy (non-hydrogen) atoms. The first-order valence-corrected chi connectivity index (χ1v) is 7.82.